The normalized spacial score (nSPS) is 11.7. The van der Waals surface area contributed by atoms with Crippen molar-refractivity contribution in [1.29, 1.82) is 0 Å². The van der Waals surface area contributed by atoms with Gasteiger partial charge in [-0.3, -0.25) is 9.59 Å². The van der Waals surface area contributed by atoms with Crippen molar-refractivity contribution in [1.82, 2.24) is 25.5 Å². The van der Waals surface area contributed by atoms with Crippen molar-refractivity contribution in [2.45, 2.75) is 25.3 Å². The van der Waals surface area contributed by atoms with Crippen LogP contribution in [0.1, 0.15) is 24.4 Å². The summed E-state index contributed by atoms with van der Waals surface area (Å²) < 4.78 is 5.99. The van der Waals surface area contributed by atoms with Crippen LogP contribution >= 0.6 is 0 Å². The van der Waals surface area contributed by atoms with Gasteiger partial charge in [0.05, 0.1) is 7.11 Å². The van der Waals surface area contributed by atoms with Gasteiger partial charge >= 0.3 is 5.97 Å². The standard InChI is InChI=1S/C15H19N5O3/c1-23-14(21)8-5-9-16-15(22)13(20-11-17-18-19-20)10-12-6-3-2-4-7-12/h2-4,6-7,11,13H,5,8-10H2,1H3,(H,16,22). The highest BCUT2D eigenvalue weighted by atomic mass is 16.5. The zero-order chi connectivity index (χ0) is 16.5. The first-order chi connectivity index (χ1) is 11.2. The third kappa shape index (κ3) is 5.17. The van der Waals surface area contributed by atoms with Crippen LogP contribution in [0.25, 0.3) is 0 Å². The molecule has 0 bridgehead atoms. The molecule has 0 saturated heterocycles. The summed E-state index contributed by atoms with van der Waals surface area (Å²) >= 11 is 0. The molecule has 1 aromatic heterocycles. The van der Waals surface area contributed by atoms with Crippen LogP contribution in [-0.4, -0.2) is 45.7 Å². The monoisotopic (exact) mass is 317 g/mol. The van der Waals surface area contributed by atoms with E-state index in [2.05, 4.69) is 25.6 Å². The van der Waals surface area contributed by atoms with Gasteiger partial charge < -0.3 is 10.1 Å². The Morgan fingerprint density at radius 3 is 2.74 bits per heavy atom. The van der Waals surface area contributed by atoms with Gasteiger partial charge in [0, 0.05) is 19.4 Å². The van der Waals surface area contributed by atoms with Gasteiger partial charge in [-0.05, 0) is 22.4 Å². The van der Waals surface area contributed by atoms with E-state index in [1.54, 1.807) is 0 Å². The number of tetrazole rings is 1. The van der Waals surface area contributed by atoms with Crippen LogP contribution in [0.3, 0.4) is 0 Å². The Morgan fingerprint density at radius 1 is 1.30 bits per heavy atom. The number of methoxy groups -OCH3 is 1. The maximum absolute atomic E-state index is 12.4. The summed E-state index contributed by atoms with van der Waals surface area (Å²) in [5.74, 6) is -0.480. The molecule has 1 aromatic carbocycles. The zero-order valence-corrected chi connectivity index (χ0v) is 12.9. The molecule has 0 radical (unpaired) electrons. The number of amides is 1. The van der Waals surface area contributed by atoms with Crippen LogP contribution in [0.5, 0.6) is 0 Å². The fraction of sp³-hybridized carbons (Fsp3) is 0.400. The van der Waals surface area contributed by atoms with Gasteiger partial charge in [-0.1, -0.05) is 30.3 Å². The Bertz CT molecular complexity index is 615. The third-order valence-corrected chi connectivity index (χ3v) is 3.34. The molecule has 23 heavy (non-hydrogen) atoms. The van der Waals surface area contributed by atoms with Gasteiger partial charge in [-0.15, -0.1) is 5.10 Å². The summed E-state index contributed by atoms with van der Waals surface area (Å²) in [7, 11) is 1.34. The molecule has 1 atom stereocenters. The number of ether oxygens (including phenoxy) is 1. The van der Waals surface area contributed by atoms with Crippen LogP contribution in [0.2, 0.25) is 0 Å². The lowest BCUT2D eigenvalue weighted by Crippen LogP contribution is -2.35. The van der Waals surface area contributed by atoms with Crippen LogP contribution in [0, 0.1) is 0 Å². The second-order valence-corrected chi connectivity index (χ2v) is 4.97. The van der Waals surface area contributed by atoms with Gasteiger partial charge in [-0.2, -0.15) is 0 Å². The topological polar surface area (TPSA) is 99.0 Å². The first-order valence-corrected chi connectivity index (χ1v) is 7.31. The number of hydrogen-bond acceptors (Lipinski definition) is 6. The highest BCUT2D eigenvalue weighted by molar-refractivity contribution is 5.80. The van der Waals surface area contributed by atoms with Crippen LogP contribution < -0.4 is 5.32 Å². The lowest BCUT2D eigenvalue weighted by Gasteiger charge is -2.16. The van der Waals surface area contributed by atoms with Crippen LogP contribution in [0.4, 0.5) is 0 Å². The van der Waals surface area contributed by atoms with E-state index in [1.165, 1.54) is 18.1 Å². The Balaban J connectivity index is 1.94. The number of esters is 1. The predicted octanol–water partition coefficient (Wildman–Crippen LogP) is 0.526. The molecule has 1 heterocycles. The van der Waals surface area contributed by atoms with Crippen molar-refractivity contribution in [2.75, 3.05) is 13.7 Å². The van der Waals surface area contributed by atoms with E-state index in [0.29, 0.717) is 19.4 Å². The van der Waals surface area contributed by atoms with E-state index in [1.807, 2.05) is 30.3 Å². The molecular formula is C15H19N5O3. The second kappa shape index (κ2) is 8.62. The van der Waals surface area contributed by atoms with Crippen molar-refractivity contribution < 1.29 is 14.3 Å². The smallest absolute Gasteiger partial charge is 0.305 e. The number of carbonyl (C=O) groups is 2. The summed E-state index contributed by atoms with van der Waals surface area (Å²) in [4.78, 5) is 23.5. The minimum atomic E-state index is -0.537. The highest BCUT2D eigenvalue weighted by Gasteiger charge is 2.21. The summed E-state index contributed by atoms with van der Waals surface area (Å²) in [5, 5.41) is 13.8. The van der Waals surface area contributed by atoms with Crippen LogP contribution in [-0.2, 0) is 20.7 Å². The molecule has 122 valence electrons. The average molecular weight is 317 g/mol. The van der Waals surface area contributed by atoms with Gasteiger partial charge in [0.1, 0.15) is 12.4 Å². The average Bonchev–Trinajstić information content (AvgIpc) is 3.11. The summed E-state index contributed by atoms with van der Waals surface area (Å²) in [6, 6.07) is 9.11. The molecule has 0 aliphatic rings. The maximum atomic E-state index is 12.4. The van der Waals surface area contributed by atoms with Gasteiger partial charge in [0.15, 0.2) is 0 Å². The fourth-order valence-corrected chi connectivity index (χ4v) is 2.12. The minimum Gasteiger partial charge on any atom is -0.469 e. The SMILES string of the molecule is COC(=O)CCCNC(=O)C(Cc1ccccc1)n1cnnn1. The lowest BCUT2D eigenvalue weighted by molar-refractivity contribution is -0.140. The molecule has 1 unspecified atom stereocenters. The fourth-order valence-electron chi connectivity index (χ4n) is 2.12. The van der Waals surface area contributed by atoms with E-state index >= 15 is 0 Å². The Kier molecular flexibility index (Phi) is 6.22. The van der Waals surface area contributed by atoms with Crippen LogP contribution in [0.15, 0.2) is 36.7 Å². The molecule has 0 aliphatic heterocycles. The van der Waals surface area contributed by atoms with Crippen molar-refractivity contribution in [3.8, 4) is 0 Å². The number of hydrogen-bond donors (Lipinski definition) is 1. The van der Waals surface area contributed by atoms with Crippen molar-refractivity contribution in [3.05, 3.63) is 42.2 Å². The molecule has 0 aliphatic carbocycles. The largest absolute Gasteiger partial charge is 0.469 e. The van der Waals surface area contributed by atoms with Gasteiger partial charge in [-0.25, -0.2) is 4.68 Å². The summed E-state index contributed by atoms with van der Waals surface area (Å²) in [6.45, 7) is 0.390. The zero-order valence-electron chi connectivity index (χ0n) is 12.9. The molecule has 0 spiro atoms. The number of nitrogens with one attached hydrogen (secondary N) is 1. The lowest BCUT2D eigenvalue weighted by atomic mass is 10.1. The molecule has 0 saturated carbocycles. The quantitative estimate of drug-likeness (QED) is 0.563. The maximum Gasteiger partial charge on any atom is 0.305 e. The van der Waals surface area contributed by atoms with Gasteiger partial charge in [0.2, 0.25) is 5.91 Å². The highest BCUT2D eigenvalue weighted by Crippen LogP contribution is 2.13. The van der Waals surface area contributed by atoms with Gasteiger partial charge in [0.25, 0.3) is 0 Å². The van der Waals surface area contributed by atoms with Crippen molar-refractivity contribution in [3.63, 3.8) is 0 Å². The first kappa shape index (κ1) is 16.6. The number of aromatic nitrogens is 4. The molecule has 8 nitrogen and oxygen atoms in total. The number of rotatable bonds is 8. The molecule has 1 amide bonds. The van der Waals surface area contributed by atoms with Crippen molar-refractivity contribution >= 4 is 11.9 Å². The molecule has 0 fully saturated rings. The summed E-state index contributed by atoms with van der Waals surface area (Å²) in [5.41, 5.74) is 1.01. The van der Waals surface area contributed by atoms with E-state index in [0.717, 1.165) is 5.56 Å². The van der Waals surface area contributed by atoms with E-state index < -0.39 is 6.04 Å². The molecular weight excluding hydrogens is 298 g/mol. The number of benzene rings is 1. The molecule has 2 rings (SSSR count). The van der Waals surface area contributed by atoms with E-state index in [4.69, 9.17) is 0 Å². The number of carbonyl (C=O) groups excluding carboxylic acids is 2. The third-order valence-electron chi connectivity index (χ3n) is 3.34. The molecule has 1 N–H and O–H groups in total. The first-order valence-electron chi connectivity index (χ1n) is 7.31. The molecule has 2 aromatic rings. The Hall–Kier alpha value is -2.77. The van der Waals surface area contributed by atoms with Crippen molar-refractivity contribution in [2.24, 2.45) is 0 Å². The minimum absolute atomic E-state index is 0.189. The van der Waals surface area contributed by atoms with E-state index in [9.17, 15) is 9.59 Å². The molecule has 8 heteroatoms. The number of nitrogens with zero attached hydrogens (tertiary/aromatic N) is 4. The Labute approximate surface area is 133 Å². The summed E-state index contributed by atoms with van der Waals surface area (Å²) in [6.07, 6.45) is 2.69. The Morgan fingerprint density at radius 2 is 2.09 bits per heavy atom. The second-order valence-electron chi connectivity index (χ2n) is 4.97. The predicted molar refractivity (Wildman–Crippen MR) is 81.3 cm³/mol. The van der Waals surface area contributed by atoms with E-state index in [-0.39, 0.29) is 18.3 Å².